The SMILES string of the molecule is O=C1OC(F)C(CO[P+]2(O)OCCO2)O1. The van der Waals surface area contributed by atoms with Crippen LogP contribution >= 0.6 is 8.17 Å². The summed E-state index contributed by atoms with van der Waals surface area (Å²) in [5.41, 5.74) is 0. The number of hydrogen-bond acceptors (Lipinski definition) is 7. The molecule has 0 aromatic rings. The Morgan fingerprint density at radius 1 is 1.47 bits per heavy atom. The first kappa shape index (κ1) is 11.0. The molecule has 1 N–H and O–H groups in total. The number of carbonyl (C=O) groups excluding carboxylic acids is 1. The summed E-state index contributed by atoms with van der Waals surface area (Å²) < 4.78 is 35.7. The van der Waals surface area contributed by atoms with E-state index in [1.165, 1.54) is 0 Å². The van der Waals surface area contributed by atoms with Crippen molar-refractivity contribution in [1.82, 2.24) is 0 Å². The molecular weight excluding hydrogens is 234 g/mol. The molecule has 0 amide bonds. The molecule has 0 saturated carbocycles. The molecule has 86 valence electrons. The van der Waals surface area contributed by atoms with Crippen molar-refractivity contribution < 1.29 is 37.1 Å². The van der Waals surface area contributed by atoms with E-state index in [2.05, 4.69) is 9.47 Å². The van der Waals surface area contributed by atoms with Crippen molar-refractivity contribution in [3.63, 3.8) is 0 Å². The number of carbonyl (C=O) groups is 1. The first-order valence-corrected chi connectivity index (χ1v) is 5.65. The monoisotopic (exact) mass is 243 g/mol. The number of alkyl halides is 1. The van der Waals surface area contributed by atoms with Crippen LogP contribution in [0.15, 0.2) is 0 Å². The molecule has 0 aromatic heterocycles. The second kappa shape index (κ2) is 4.15. The highest BCUT2D eigenvalue weighted by Gasteiger charge is 2.51. The van der Waals surface area contributed by atoms with Crippen molar-refractivity contribution in [1.29, 1.82) is 0 Å². The van der Waals surface area contributed by atoms with Crippen molar-refractivity contribution in [3.05, 3.63) is 0 Å². The summed E-state index contributed by atoms with van der Waals surface area (Å²) in [7, 11) is -3.33. The third-order valence-corrected chi connectivity index (χ3v) is 3.24. The van der Waals surface area contributed by atoms with Crippen LogP contribution in [0.1, 0.15) is 0 Å². The molecule has 0 radical (unpaired) electrons. The summed E-state index contributed by atoms with van der Waals surface area (Å²) in [6, 6.07) is 0. The van der Waals surface area contributed by atoms with E-state index < -0.39 is 26.8 Å². The van der Waals surface area contributed by atoms with Crippen LogP contribution < -0.4 is 0 Å². The lowest BCUT2D eigenvalue weighted by atomic mass is 10.4. The van der Waals surface area contributed by atoms with E-state index in [1.54, 1.807) is 0 Å². The number of ether oxygens (including phenoxy) is 2. The van der Waals surface area contributed by atoms with Gasteiger partial charge in [0, 0.05) is 0 Å². The van der Waals surface area contributed by atoms with Gasteiger partial charge in [0.05, 0.1) is 0 Å². The summed E-state index contributed by atoms with van der Waals surface area (Å²) in [5.74, 6) is 0. The van der Waals surface area contributed by atoms with Crippen LogP contribution in [0.4, 0.5) is 9.18 Å². The van der Waals surface area contributed by atoms with Crippen LogP contribution in [0, 0.1) is 0 Å². The summed E-state index contributed by atoms with van der Waals surface area (Å²) >= 11 is 0. The fraction of sp³-hybridized carbons (Fsp3) is 0.833. The van der Waals surface area contributed by atoms with Crippen molar-refractivity contribution in [2.45, 2.75) is 12.5 Å². The molecule has 2 saturated heterocycles. The van der Waals surface area contributed by atoms with E-state index in [4.69, 9.17) is 13.6 Å². The summed E-state index contributed by atoms with van der Waals surface area (Å²) in [4.78, 5) is 19.9. The minimum absolute atomic E-state index is 0.213. The van der Waals surface area contributed by atoms with E-state index in [0.29, 0.717) is 0 Å². The molecule has 0 aliphatic carbocycles. The Morgan fingerprint density at radius 2 is 2.13 bits per heavy atom. The van der Waals surface area contributed by atoms with Gasteiger partial charge >= 0.3 is 14.3 Å². The molecule has 0 bridgehead atoms. The molecule has 2 fully saturated rings. The van der Waals surface area contributed by atoms with Gasteiger partial charge in [0.25, 0.3) is 6.36 Å². The lowest BCUT2D eigenvalue weighted by molar-refractivity contribution is 0.00351. The Labute approximate surface area is 84.7 Å². The van der Waals surface area contributed by atoms with Gasteiger partial charge in [-0.05, 0) is 0 Å². The van der Waals surface area contributed by atoms with Gasteiger partial charge in [-0.3, -0.25) is 0 Å². The Morgan fingerprint density at radius 3 is 2.67 bits per heavy atom. The summed E-state index contributed by atoms with van der Waals surface area (Å²) in [6.45, 7) is 0.0474. The molecule has 15 heavy (non-hydrogen) atoms. The number of cyclic esters (lactones) is 2. The highest BCUT2D eigenvalue weighted by molar-refractivity contribution is 7.55. The first-order valence-electron chi connectivity index (χ1n) is 4.16. The zero-order valence-corrected chi connectivity index (χ0v) is 8.39. The third-order valence-electron chi connectivity index (χ3n) is 1.74. The standard InChI is InChI=1S/C6H9FO7P/c7-5-4(13-6(8)14-5)3-12-15(9)10-1-2-11-15/h4-5,9H,1-3H2/q+1. The molecule has 2 rings (SSSR count). The van der Waals surface area contributed by atoms with Gasteiger partial charge in [0.1, 0.15) is 19.8 Å². The van der Waals surface area contributed by atoms with Gasteiger partial charge in [-0.15, -0.1) is 4.52 Å². The van der Waals surface area contributed by atoms with E-state index in [-0.39, 0.29) is 19.8 Å². The van der Waals surface area contributed by atoms with Gasteiger partial charge in [-0.2, -0.15) is 18.3 Å². The third kappa shape index (κ3) is 2.53. The molecule has 2 heterocycles. The molecule has 2 aliphatic rings. The highest BCUT2D eigenvalue weighted by atomic mass is 31.2. The summed E-state index contributed by atoms with van der Waals surface area (Å²) in [6.07, 6.45) is -4.20. The fourth-order valence-corrected chi connectivity index (χ4v) is 2.24. The maximum atomic E-state index is 12.8. The fourth-order valence-electron chi connectivity index (χ4n) is 1.07. The minimum atomic E-state index is -3.33. The largest absolute Gasteiger partial charge is 0.572 e. The highest BCUT2D eigenvalue weighted by Crippen LogP contribution is 2.61. The second-order valence-corrected chi connectivity index (χ2v) is 4.52. The molecule has 9 heteroatoms. The van der Waals surface area contributed by atoms with E-state index in [1.807, 2.05) is 0 Å². The van der Waals surface area contributed by atoms with Gasteiger partial charge in [-0.1, -0.05) is 0 Å². The average molecular weight is 243 g/mol. The molecule has 2 unspecified atom stereocenters. The molecule has 2 atom stereocenters. The Hall–Kier alpha value is -0.530. The molecular formula is C6H9FO7P+. The van der Waals surface area contributed by atoms with Gasteiger partial charge in [0.2, 0.25) is 0 Å². The Balaban J connectivity index is 1.80. The molecule has 7 nitrogen and oxygen atoms in total. The van der Waals surface area contributed by atoms with E-state index in [0.717, 1.165) is 0 Å². The van der Waals surface area contributed by atoms with Gasteiger partial charge in [-0.25, -0.2) is 4.79 Å². The van der Waals surface area contributed by atoms with Crippen LogP contribution in [0.5, 0.6) is 0 Å². The van der Waals surface area contributed by atoms with E-state index in [9.17, 15) is 14.1 Å². The predicted molar refractivity (Wildman–Crippen MR) is 43.2 cm³/mol. The van der Waals surface area contributed by atoms with Crippen LogP contribution in [0.2, 0.25) is 0 Å². The Kier molecular flexibility index (Phi) is 3.03. The Bertz CT molecular complexity index is 256. The minimum Gasteiger partial charge on any atom is -0.421 e. The quantitative estimate of drug-likeness (QED) is 0.572. The van der Waals surface area contributed by atoms with Crippen molar-refractivity contribution in [3.8, 4) is 0 Å². The van der Waals surface area contributed by atoms with Crippen molar-refractivity contribution in [2.24, 2.45) is 0 Å². The van der Waals surface area contributed by atoms with Crippen molar-refractivity contribution >= 4 is 14.3 Å². The molecule has 2 aliphatic heterocycles. The summed E-state index contributed by atoms with van der Waals surface area (Å²) in [5, 5.41) is 0. The number of halogens is 1. The van der Waals surface area contributed by atoms with Crippen LogP contribution in [-0.2, 0) is 23.0 Å². The zero-order chi connectivity index (χ0) is 10.9. The zero-order valence-electron chi connectivity index (χ0n) is 7.50. The van der Waals surface area contributed by atoms with Crippen LogP contribution in [0.25, 0.3) is 0 Å². The normalized spacial score (nSPS) is 33.9. The molecule has 0 aromatic carbocycles. The maximum absolute atomic E-state index is 12.8. The lowest BCUT2D eigenvalue weighted by Crippen LogP contribution is -2.24. The average Bonchev–Trinajstić information content (AvgIpc) is 2.71. The van der Waals surface area contributed by atoms with Crippen LogP contribution in [-0.4, -0.2) is 43.3 Å². The van der Waals surface area contributed by atoms with E-state index >= 15 is 0 Å². The number of hydrogen-bond donors (Lipinski definition) is 1. The topological polar surface area (TPSA) is 83.5 Å². The van der Waals surface area contributed by atoms with Crippen molar-refractivity contribution in [2.75, 3.05) is 19.8 Å². The van der Waals surface area contributed by atoms with Gasteiger partial charge < -0.3 is 9.47 Å². The first-order chi connectivity index (χ1) is 7.09. The second-order valence-electron chi connectivity index (χ2n) is 2.81. The predicted octanol–water partition coefficient (Wildman–Crippen LogP) is 0.551. The number of rotatable bonds is 3. The van der Waals surface area contributed by atoms with Crippen LogP contribution in [0.3, 0.4) is 0 Å². The van der Waals surface area contributed by atoms with Gasteiger partial charge in [0.15, 0.2) is 6.10 Å². The molecule has 0 spiro atoms. The smallest absolute Gasteiger partial charge is 0.421 e. The lowest BCUT2D eigenvalue weighted by Gasteiger charge is -2.10. The maximum Gasteiger partial charge on any atom is 0.572 e.